The van der Waals surface area contributed by atoms with E-state index in [1.165, 1.54) is 0 Å². The van der Waals surface area contributed by atoms with E-state index in [9.17, 15) is 4.79 Å². The molecule has 1 aliphatic rings. The third kappa shape index (κ3) is 4.26. The Bertz CT molecular complexity index is 1280. The molecule has 0 radical (unpaired) electrons. The number of rotatable bonds is 5. The molecule has 4 aromatic rings. The van der Waals surface area contributed by atoms with Crippen LogP contribution in [0.25, 0.3) is 22.0 Å². The van der Waals surface area contributed by atoms with Gasteiger partial charge in [-0.25, -0.2) is 9.97 Å². The molecule has 5 rings (SSSR count). The minimum atomic E-state index is 0.105. The maximum atomic E-state index is 13.2. The molecular weight excluding hydrogens is 414 g/mol. The minimum Gasteiger partial charge on any atom is -0.497 e. The van der Waals surface area contributed by atoms with Gasteiger partial charge in [-0.15, -0.1) is 0 Å². The molecule has 2 aromatic heterocycles. The van der Waals surface area contributed by atoms with Gasteiger partial charge in [0.25, 0.3) is 0 Å². The fraction of sp³-hybridized carbons (Fsp3) is 0.269. The Morgan fingerprint density at radius 1 is 1.21 bits per heavy atom. The highest BCUT2D eigenvalue weighted by Gasteiger charge is 2.28. The van der Waals surface area contributed by atoms with Crippen molar-refractivity contribution in [3.05, 3.63) is 72.2 Å². The first kappa shape index (κ1) is 21.0. The number of likely N-dealkylation sites (tertiary alicyclic amines) is 1. The number of H-pyrrole nitrogens is 1. The standard InChI is InChI=1S/C26H27N5O2/c1-33-20-10-8-17(9-11-20)22-15-29-26(27)30-25(22)18-5-4-12-31(16-18)24(32)13-19-14-28-23-7-3-2-6-21(19)23/h2-3,6-11,14-15,18,28H,4-5,12-13,16H2,1H3,(H2,27,29,30)/t18-/m1/s1. The molecule has 168 valence electrons. The molecule has 0 bridgehead atoms. The number of carbonyl (C=O) groups is 1. The van der Waals surface area contributed by atoms with Gasteiger partial charge in [0.05, 0.1) is 19.2 Å². The van der Waals surface area contributed by atoms with Gasteiger partial charge in [0.1, 0.15) is 5.75 Å². The van der Waals surface area contributed by atoms with Crippen molar-refractivity contribution in [1.82, 2.24) is 19.9 Å². The summed E-state index contributed by atoms with van der Waals surface area (Å²) in [6.45, 7) is 1.39. The van der Waals surface area contributed by atoms with Gasteiger partial charge in [-0.1, -0.05) is 30.3 Å². The van der Waals surface area contributed by atoms with Crippen LogP contribution in [0, 0.1) is 0 Å². The van der Waals surface area contributed by atoms with Gasteiger partial charge >= 0.3 is 0 Å². The molecule has 0 unspecified atom stereocenters. The predicted molar refractivity (Wildman–Crippen MR) is 129 cm³/mol. The van der Waals surface area contributed by atoms with Crippen LogP contribution in [-0.4, -0.2) is 46.0 Å². The molecular formula is C26H27N5O2. The molecule has 0 aliphatic carbocycles. The lowest BCUT2D eigenvalue weighted by Crippen LogP contribution is -2.40. The number of nitrogens with one attached hydrogen (secondary N) is 1. The Labute approximate surface area is 192 Å². The van der Waals surface area contributed by atoms with Gasteiger partial charge in [-0.3, -0.25) is 4.79 Å². The van der Waals surface area contributed by atoms with Crippen molar-refractivity contribution in [2.75, 3.05) is 25.9 Å². The molecule has 3 N–H and O–H groups in total. The highest BCUT2D eigenvalue weighted by molar-refractivity contribution is 5.89. The largest absolute Gasteiger partial charge is 0.497 e. The number of nitrogens with two attached hydrogens (primary N) is 1. The normalized spacial score (nSPS) is 16.2. The highest BCUT2D eigenvalue weighted by atomic mass is 16.5. The second-order valence-corrected chi connectivity index (χ2v) is 8.47. The number of fused-ring (bicyclic) bond motifs is 1. The van der Waals surface area contributed by atoms with Crippen LogP contribution in [-0.2, 0) is 11.2 Å². The molecule has 1 saturated heterocycles. The number of aromatic amines is 1. The van der Waals surface area contributed by atoms with E-state index < -0.39 is 0 Å². The molecule has 1 aliphatic heterocycles. The summed E-state index contributed by atoms with van der Waals surface area (Å²) in [5, 5.41) is 1.10. The Balaban J connectivity index is 1.38. The number of anilines is 1. The first-order valence-corrected chi connectivity index (χ1v) is 11.2. The summed E-state index contributed by atoms with van der Waals surface area (Å²) < 4.78 is 5.28. The van der Waals surface area contributed by atoms with Crippen LogP contribution in [0.5, 0.6) is 5.75 Å². The summed E-state index contributed by atoms with van der Waals surface area (Å²) in [5.41, 5.74) is 10.9. The molecule has 33 heavy (non-hydrogen) atoms. The zero-order chi connectivity index (χ0) is 22.8. The summed E-state index contributed by atoms with van der Waals surface area (Å²) in [6, 6.07) is 15.9. The fourth-order valence-corrected chi connectivity index (χ4v) is 4.69. The lowest BCUT2D eigenvalue weighted by molar-refractivity contribution is -0.131. The first-order chi connectivity index (χ1) is 16.1. The lowest BCUT2D eigenvalue weighted by atomic mass is 9.89. The van der Waals surface area contributed by atoms with Crippen molar-refractivity contribution >= 4 is 22.8 Å². The van der Waals surface area contributed by atoms with E-state index >= 15 is 0 Å². The van der Waals surface area contributed by atoms with Crippen molar-refractivity contribution in [3.63, 3.8) is 0 Å². The maximum Gasteiger partial charge on any atom is 0.227 e. The third-order valence-corrected chi connectivity index (χ3v) is 6.42. The van der Waals surface area contributed by atoms with Crippen molar-refractivity contribution in [2.45, 2.75) is 25.2 Å². The van der Waals surface area contributed by atoms with Crippen LogP contribution < -0.4 is 10.5 Å². The van der Waals surface area contributed by atoms with Gasteiger partial charge in [-0.2, -0.15) is 0 Å². The second kappa shape index (κ2) is 8.94. The zero-order valence-corrected chi connectivity index (χ0v) is 18.6. The number of benzene rings is 2. The Morgan fingerprint density at radius 2 is 2.03 bits per heavy atom. The van der Waals surface area contributed by atoms with Crippen LogP contribution in [0.4, 0.5) is 5.95 Å². The smallest absolute Gasteiger partial charge is 0.227 e. The van der Waals surface area contributed by atoms with E-state index in [1.54, 1.807) is 13.3 Å². The van der Waals surface area contributed by atoms with Gasteiger partial charge in [0.15, 0.2) is 0 Å². The molecule has 2 aromatic carbocycles. The molecule has 1 amide bonds. The van der Waals surface area contributed by atoms with E-state index in [1.807, 2.05) is 53.6 Å². The summed E-state index contributed by atoms with van der Waals surface area (Å²) in [7, 11) is 1.65. The number of ether oxygens (including phenoxy) is 1. The number of hydrogen-bond acceptors (Lipinski definition) is 5. The molecule has 7 nitrogen and oxygen atoms in total. The maximum absolute atomic E-state index is 13.2. The van der Waals surface area contributed by atoms with Crippen molar-refractivity contribution in [2.24, 2.45) is 0 Å². The highest BCUT2D eigenvalue weighted by Crippen LogP contribution is 2.34. The molecule has 3 heterocycles. The number of nitrogens with zero attached hydrogens (tertiary/aromatic N) is 3. The first-order valence-electron chi connectivity index (χ1n) is 11.2. The van der Waals surface area contributed by atoms with Gasteiger partial charge in [0, 0.05) is 47.9 Å². The molecule has 1 atom stereocenters. The molecule has 1 fully saturated rings. The average molecular weight is 442 g/mol. The van der Waals surface area contributed by atoms with E-state index in [2.05, 4.69) is 21.0 Å². The number of piperidine rings is 1. The predicted octanol–water partition coefficient (Wildman–Crippen LogP) is 4.16. The molecule has 0 spiro atoms. The number of amides is 1. The summed E-state index contributed by atoms with van der Waals surface area (Å²) in [4.78, 5) is 27.3. The monoisotopic (exact) mass is 441 g/mol. The van der Waals surface area contributed by atoms with Crippen LogP contribution in [0.3, 0.4) is 0 Å². The summed E-state index contributed by atoms with van der Waals surface area (Å²) >= 11 is 0. The summed E-state index contributed by atoms with van der Waals surface area (Å²) in [5.74, 6) is 1.29. The van der Waals surface area contributed by atoms with Crippen LogP contribution in [0.1, 0.15) is 30.0 Å². The Kier molecular flexibility index (Phi) is 5.69. The molecule has 7 heteroatoms. The van der Waals surface area contributed by atoms with Crippen LogP contribution in [0.15, 0.2) is 60.9 Å². The fourth-order valence-electron chi connectivity index (χ4n) is 4.69. The van der Waals surface area contributed by atoms with E-state index in [-0.39, 0.29) is 17.8 Å². The van der Waals surface area contributed by atoms with Crippen LogP contribution in [0.2, 0.25) is 0 Å². The number of nitrogen functional groups attached to an aromatic ring is 1. The van der Waals surface area contributed by atoms with Gasteiger partial charge < -0.3 is 20.4 Å². The van der Waals surface area contributed by atoms with Crippen LogP contribution >= 0.6 is 0 Å². The number of hydrogen-bond donors (Lipinski definition) is 2. The second-order valence-electron chi connectivity index (χ2n) is 8.47. The van der Waals surface area contributed by atoms with E-state index in [0.29, 0.717) is 13.0 Å². The Morgan fingerprint density at radius 3 is 2.85 bits per heavy atom. The topological polar surface area (TPSA) is 97.1 Å². The quantitative estimate of drug-likeness (QED) is 0.485. The van der Waals surface area contributed by atoms with Gasteiger partial charge in [0.2, 0.25) is 11.9 Å². The number of aromatic nitrogens is 3. The number of methoxy groups -OCH3 is 1. The Hall–Kier alpha value is -3.87. The molecule has 0 saturated carbocycles. The third-order valence-electron chi connectivity index (χ3n) is 6.42. The van der Waals surface area contributed by atoms with Crippen molar-refractivity contribution in [1.29, 1.82) is 0 Å². The lowest BCUT2D eigenvalue weighted by Gasteiger charge is -2.33. The van der Waals surface area contributed by atoms with Gasteiger partial charge in [-0.05, 0) is 42.2 Å². The van der Waals surface area contributed by atoms with Crippen molar-refractivity contribution in [3.8, 4) is 16.9 Å². The number of carbonyl (C=O) groups excluding carboxylic acids is 1. The van der Waals surface area contributed by atoms with E-state index in [4.69, 9.17) is 10.5 Å². The van der Waals surface area contributed by atoms with Crippen molar-refractivity contribution < 1.29 is 9.53 Å². The van der Waals surface area contributed by atoms with E-state index in [0.717, 1.165) is 58.4 Å². The summed E-state index contributed by atoms with van der Waals surface area (Å²) in [6.07, 6.45) is 5.99. The minimum absolute atomic E-state index is 0.105. The zero-order valence-electron chi connectivity index (χ0n) is 18.6. The average Bonchev–Trinajstić information content (AvgIpc) is 3.27. The SMILES string of the molecule is COc1ccc(-c2cnc(N)nc2[C@@H]2CCCN(C(=O)Cc3c[nH]c4ccccc34)C2)cc1. The number of para-hydroxylation sites is 1.